The van der Waals surface area contributed by atoms with Gasteiger partial charge in [0.1, 0.15) is 17.4 Å². The molecule has 192 valence electrons. The van der Waals surface area contributed by atoms with Crippen LogP contribution in [0.3, 0.4) is 0 Å². The number of hydrogen-bond acceptors (Lipinski definition) is 8. The molecule has 0 aliphatic carbocycles. The number of halogens is 4. The Morgan fingerprint density at radius 2 is 1.74 bits per heavy atom. The molecule has 3 aromatic heterocycles. The molecule has 0 saturated carbocycles. The SMILES string of the molecule is O=C(Nc1nc(-c2ccc(OC(F)(F)F)cc2)nc2c1cnn2-c1ccc(F)cc1)c1ccc([N+](=O)[O-])s1. The zero-order valence-corrected chi connectivity index (χ0v) is 19.5. The maximum absolute atomic E-state index is 13.5. The van der Waals surface area contributed by atoms with Crippen molar-refractivity contribution in [2.45, 2.75) is 6.36 Å². The van der Waals surface area contributed by atoms with Gasteiger partial charge >= 0.3 is 11.4 Å². The highest BCUT2D eigenvalue weighted by atomic mass is 32.1. The van der Waals surface area contributed by atoms with Crippen LogP contribution in [-0.4, -0.2) is 36.9 Å². The molecule has 0 bridgehead atoms. The van der Waals surface area contributed by atoms with Crippen LogP contribution in [0.1, 0.15) is 9.67 Å². The second-order valence-electron chi connectivity index (χ2n) is 7.59. The number of fused-ring (bicyclic) bond motifs is 1. The zero-order valence-electron chi connectivity index (χ0n) is 18.6. The number of aromatic nitrogens is 4. The van der Waals surface area contributed by atoms with E-state index in [-0.39, 0.29) is 38.1 Å². The fourth-order valence-corrected chi connectivity index (χ4v) is 4.14. The van der Waals surface area contributed by atoms with E-state index in [1.807, 2.05) is 0 Å². The number of anilines is 1. The molecule has 10 nitrogen and oxygen atoms in total. The summed E-state index contributed by atoms with van der Waals surface area (Å²) in [5.41, 5.74) is 0.923. The highest BCUT2D eigenvalue weighted by Gasteiger charge is 2.31. The highest BCUT2D eigenvalue weighted by molar-refractivity contribution is 7.17. The Morgan fingerprint density at radius 3 is 2.37 bits per heavy atom. The number of ether oxygens (including phenoxy) is 1. The summed E-state index contributed by atoms with van der Waals surface area (Å²) in [4.78, 5) is 32.1. The van der Waals surface area contributed by atoms with Crippen LogP contribution in [0.2, 0.25) is 0 Å². The molecular formula is C23H12F4N6O4S. The van der Waals surface area contributed by atoms with Crippen molar-refractivity contribution < 1.29 is 32.0 Å². The third-order valence-corrected chi connectivity index (χ3v) is 6.11. The summed E-state index contributed by atoms with van der Waals surface area (Å²) in [5.74, 6) is -1.59. The third-order valence-electron chi connectivity index (χ3n) is 5.07. The van der Waals surface area contributed by atoms with Crippen LogP contribution in [0.5, 0.6) is 5.75 Å². The number of rotatable bonds is 6. The lowest BCUT2D eigenvalue weighted by Crippen LogP contribution is -2.17. The Balaban J connectivity index is 1.59. The van der Waals surface area contributed by atoms with E-state index in [1.165, 1.54) is 59.4 Å². The van der Waals surface area contributed by atoms with Gasteiger partial charge in [0.25, 0.3) is 5.91 Å². The molecule has 3 heterocycles. The number of alkyl halides is 3. The lowest BCUT2D eigenvalue weighted by molar-refractivity contribution is -0.380. The van der Waals surface area contributed by atoms with Crippen LogP contribution in [0.15, 0.2) is 66.9 Å². The predicted octanol–water partition coefficient (Wildman–Crippen LogP) is 5.74. The lowest BCUT2D eigenvalue weighted by atomic mass is 10.2. The third kappa shape index (κ3) is 5.12. The van der Waals surface area contributed by atoms with Crippen LogP contribution in [0, 0.1) is 15.9 Å². The monoisotopic (exact) mass is 544 g/mol. The van der Waals surface area contributed by atoms with Gasteiger partial charge in [0.2, 0.25) is 0 Å². The van der Waals surface area contributed by atoms with Crippen molar-refractivity contribution in [3.05, 3.63) is 87.7 Å². The first-order chi connectivity index (χ1) is 18.1. The van der Waals surface area contributed by atoms with Gasteiger partial charge in [-0.2, -0.15) is 5.10 Å². The van der Waals surface area contributed by atoms with E-state index in [1.54, 1.807) is 0 Å². The molecule has 0 unspecified atom stereocenters. The number of thiophene rings is 1. The summed E-state index contributed by atoms with van der Waals surface area (Å²) in [6.45, 7) is 0. The van der Waals surface area contributed by atoms with Crippen molar-refractivity contribution in [1.29, 1.82) is 0 Å². The molecule has 0 saturated heterocycles. The number of hydrogen-bond donors (Lipinski definition) is 1. The van der Waals surface area contributed by atoms with Crippen LogP contribution >= 0.6 is 11.3 Å². The van der Waals surface area contributed by atoms with Crippen molar-refractivity contribution in [2.75, 3.05) is 5.32 Å². The quantitative estimate of drug-likeness (QED) is 0.164. The molecule has 0 atom stereocenters. The standard InChI is InChI=1S/C23H12F4N6O4S/c24-13-3-5-14(6-4-13)32-21-16(11-28-32)20(31-22(34)17-9-10-18(38-17)33(35)36)29-19(30-21)12-1-7-15(8-2-12)37-23(25,26)27/h1-11H,(H,29,30,31,34). The molecule has 0 radical (unpaired) electrons. The van der Waals surface area contributed by atoms with Crippen LogP contribution in [0.4, 0.5) is 28.4 Å². The Bertz CT molecular complexity index is 1670. The molecular weight excluding hydrogens is 532 g/mol. The van der Waals surface area contributed by atoms with Crippen molar-refractivity contribution in [1.82, 2.24) is 19.7 Å². The maximum atomic E-state index is 13.5. The van der Waals surface area contributed by atoms with E-state index in [4.69, 9.17) is 0 Å². The van der Waals surface area contributed by atoms with Gasteiger partial charge in [-0.1, -0.05) is 11.3 Å². The Kier molecular flexibility index (Phi) is 6.20. The van der Waals surface area contributed by atoms with E-state index in [0.717, 1.165) is 12.1 Å². The number of nitro groups is 1. The average Bonchev–Trinajstić information content (AvgIpc) is 3.52. The minimum atomic E-state index is -4.87. The van der Waals surface area contributed by atoms with Gasteiger partial charge in [-0.25, -0.2) is 19.0 Å². The van der Waals surface area contributed by atoms with Crippen molar-refractivity contribution >= 4 is 39.1 Å². The summed E-state index contributed by atoms with van der Waals surface area (Å²) in [5, 5.41) is 17.9. The number of nitrogens with one attached hydrogen (secondary N) is 1. The van der Waals surface area contributed by atoms with Crippen LogP contribution in [0.25, 0.3) is 28.1 Å². The van der Waals surface area contributed by atoms with Gasteiger partial charge < -0.3 is 10.1 Å². The summed E-state index contributed by atoms with van der Waals surface area (Å²) >= 11 is 0.667. The van der Waals surface area contributed by atoms with Crippen molar-refractivity contribution in [2.24, 2.45) is 0 Å². The number of carbonyl (C=O) groups excluding carboxylic acids is 1. The van der Waals surface area contributed by atoms with Gasteiger partial charge in [0.05, 0.1) is 27.1 Å². The second kappa shape index (κ2) is 9.51. The van der Waals surface area contributed by atoms with Crippen molar-refractivity contribution in [3.63, 3.8) is 0 Å². The Labute approximate surface area is 213 Å². The van der Waals surface area contributed by atoms with Crippen LogP contribution < -0.4 is 10.1 Å². The zero-order chi connectivity index (χ0) is 27.0. The molecule has 0 aliphatic heterocycles. The Morgan fingerprint density at radius 1 is 1.03 bits per heavy atom. The van der Waals surface area contributed by atoms with E-state index >= 15 is 0 Å². The number of amides is 1. The minimum absolute atomic E-state index is 0.00460. The van der Waals surface area contributed by atoms with Crippen molar-refractivity contribution in [3.8, 4) is 22.8 Å². The van der Waals surface area contributed by atoms with E-state index in [9.17, 15) is 32.5 Å². The Hall–Kier alpha value is -4.92. The molecule has 2 aromatic carbocycles. The average molecular weight is 544 g/mol. The topological polar surface area (TPSA) is 125 Å². The lowest BCUT2D eigenvalue weighted by Gasteiger charge is -2.11. The van der Waals surface area contributed by atoms with Gasteiger partial charge in [-0.3, -0.25) is 14.9 Å². The fraction of sp³-hybridized carbons (Fsp3) is 0.0435. The van der Waals surface area contributed by atoms with Gasteiger partial charge in [-0.05, 0) is 54.6 Å². The largest absolute Gasteiger partial charge is 0.573 e. The van der Waals surface area contributed by atoms with E-state index in [0.29, 0.717) is 17.0 Å². The van der Waals surface area contributed by atoms with Gasteiger partial charge in [0, 0.05) is 11.6 Å². The maximum Gasteiger partial charge on any atom is 0.573 e. The molecule has 0 spiro atoms. The van der Waals surface area contributed by atoms with Gasteiger partial charge in [-0.15, -0.1) is 13.2 Å². The minimum Gasteiger partial charge on any atom is -0.406 e. The summed E-state index contributed by atoms with van der Waals surface area (Å²) in [7, 11) is 0. The molecule has 1 amide bonds. The second-order valence-corrected chi connectivity index (χ2v) is 8.65. The van der Waals surface area contributed by atoms with Crippen LogP contribution in [-0.2, 0) is 0 Å². The molecule has 1 N–H and O–H groups in total. The number of carbonyl (C=O) groups is 1. The molecule has 15 heteroatoms. The number of benzene rings is 2. The summed E-state index contributed by atoms with van der Waals surface area (Å²) in [6, 6.07) is 12.6. The fourth-order valence-electron chi connectivity index (χ4n) is 3.43. The first-order valence-electron chi connectivity index (χ1n) is 10.5. The van der Waals surface area contributed by atoms with E-state index < -0.39 is 28.8 Å². The summed E-state index contributed by atoms with van der Waals surface area (Å²) < 4.78 is 56.3. The molecule has 0 fully saturated rings. The highest BCUT2D eigenvalue weighted by Crippen LogP contribution is 2.30. The smallest absolute Gasteiger partial charge is 0.406 e. The molecule has 5 rings (SSSR count). The summed E-state index contributed by atoms with van der Waals surface area (Å²) in [6.07, 6.45) is -3.50. The molecule has 38 heavy (non-hydrogen) atoms. The number of nitrogens with zero attached hydrogens (tertiary/aromatic N) is 5. The normalized spacial score (nSPS) is 11.5. The molecule has 0 aliphatic rings. The van der Waals surface area contributed by atoms with Gasteiger partial charge in [0.15, 0.2) is 11.5 Å². The predicted molar refractivity (Wildman–Crippen MR) is 128 cm³/mol. The molecule has 5 aromatic rings. The first kappa shape index (κ1) is 24.8. The first-order valence-corrected chi connectivity index (χ1v) is 11.3. The van der Waals surface area contributed by atoms with E-state index in [2.05, 4.69) is 25.1 Å².